The second kappa shape index (κ2) is 9.31. The third-order valence-corrected chi connectivity index (χ3v) is 3.71. The molecule has 0 aliphatic carbocycles. The first kappa shape index (κ1) is 18.4. The van der Waals surface area contributed by atoms with Gasteiger partial charge in [0.15, 0.2) is 0 Å². The van der Waals surface area contributed by atoms with Crippen LogP contribution in [0.5, 0.6) is 5.75 Å². The number of carbonyl (C=O) groups is 2. The van der Waals surface area contributed by atoms with Crippen LogP contribution in [0.3, 0.4) is 0 Å². The fraction of sp³-hybridized carbons (Fsp3) is 0.0909. The molecule has 0 unspecified atom stereocenters. The minimum Gasteiger partial charge on any atom is -0.425 e. The van der Waals surface area contributed by atoms with Gasteiger partial charge < -0.3 is 14.8 Å². The fourth-order valence-corrected chi connectivity index (χ4v) is 2.39. The van der Waals surface area contributed by atoms with E-state index in [1.807, 2.05) is 36.4 Å². The first-order valence-electron chi connectivity index (χ1n) is 8.49. The second-order valence-electron chi connectivity index (χ2n) is 5.80. The number of benzene rings is 3. The van der Waals surface area contributed by atoms with Crippen LogP contribution in [0.4, 0.5) is 5.69 Å². The second-order valence-corrected chi connectivity index (χ2v) is 5.80. The smallest absolute Gasteiger partial charge is 0.337 e. The Hall–Kier alpha value is -3.44. The number of carbonyl (C=O) groups excluding carboxylic acids is 2. The van der Waals surface area contributed by atoms with Gasteiger partial charge in [-0.15, -0.1) is 0 Å². The van der Waals surface area contributed by atoms with Crippen molar-refractivity contribution in [3.05, 3.63) is 96.1 Å². The highest BCUT2D eigenvalue weighted by Gasteiger charge is 2.07. The monoisotopic (exact) mass is 361 g/mol. The fourth-order valence-electron chi connectivity index (χ4n) is 2.39. The number of anilines is 1. The minimum atomic E-state index is -0.480. The molecule has 3 rings (SSSR count). The molecule has 136 valence electrons. The molecule has 5 nitrogen and oxygen atoms in total. The predicted molar refractivity (Wildman–Crippen MR) is 103 cm³/mol. The molecular weight excluding hydrogens is 342 g/mol. The molecule has 0 saturated heterocycles. The summed E-state index contributed by atoms with van der Waals surface area (Å²) in [4.78, 5) is 23.9. The van der Waals surface area contributed by atoms with E-state index in [0.717, 1.165) is 5.56 Å². The lowest BCUT2D eigenvalue weighted by Crippen LogP contribution is -2.15. The van der Waals surface area contributed by atoms with E-state index in [-0.39, 0.29) is 12.5 Å². The molecule has 0 atom stereocenters. The van der Waals surface area contributed by atoms with Crippen molar-refractivity contribution in [2.75, 3.05) is 11.9 Å². The Balaban J connectivity index is 1.45. The van der Waals surface area contributed by atoms with Gasteiger partial charge in [0.25, 0.3) is 5.91 Å². The van der Waals surface area contributed by atoms with Crippen molar-refractivity contribution < 1.29 is 19.1 Å². The van der Waals surface area contributed by atoms with Gasteiger partial charge in [-0.3, -0.25) is 4.79 Å². The molecule has 5 heteroatoms. The van der Waals surface area contributed by atoms with Crippen molar-refractivity contribution >= 4 is 17.6 Å². The molecule has 3 aromatic rings. The van der Waals surface area contributed by atoms with E-state index in [0.29, 0.717) is 23.6 Å². The Kier molecular flexibility index (Phi) is 6.33. The SMILES string of the molecule is O=C(COCc1ccccc1)Oc1ccc(NC(=O)c2ccccc2)cc1. The summed E-state index contributed by atoms with van der Waals surface area (Å²) in [5, 5.41) is 2.79. The standard InChI is InChI=1S/C22H19NO4/c24-21(16-26-15-17-7-3-1-4-8-17)27-20-13-11-19(12-14-20)23-22(25)18-9-5-2-6-10-18/h1-14H,15-16H2,(H,23,25). The van der Waals surface area contributed by atoms with Gasteiger partial charge >= 0.3 is 5.97 Å². The maximum Gasteiger partial charge on any atom is 0.337 e. The van der Waals surface area contributed by atoms with Crippen LogP contribution in [-0.4, -0.2) is 18.5 Å². The summed E-state index contributed by atoms with van der Waals surface area (Å²) >= 11 is 0. The molecule has 1 N–H and O–H groups in total. The van der Waals surface area contributed by atoms with Crippen molar-refractivity contribution in [1.29, 1.82) is 0 Å². The maximum atomic E-state index is 12.1. The molecule has 0 spiro atoms. The summed E-state index contributed by atoms with van der Waals surface area (Å²) in [6.07, 6.45) is 0. The molecule has 0 aromatic heterocycles. The number of hydrogen-bond acceptors (Lipinski definition) is 4. The molecule has 27 heavy (non-hydrogen) atoms. The van der Waals surface area contributed by atoms with Crippen molar-refractivity contribution in [2.45, 2.75) is 6.61 Å². The molecular formula is C22H19NO4. The summed E-state index contributed by atoms with van der Waals surface area (Å²) in [5.41, 5.74) is 2.18. The molecule has 1 amide bonds. The van der Waals surface area contributed by atoms with E-state index in [1.54, 1.807) is 48.5 Å². The predicted octanol–water partition coefficient (Wildman–Crippen LogP) is 4.06. The third-order valence-electron chi connectivity index (χ3n) is 3.71. The van der Waals surface area contributed by atoms with E-state index in [4.69, 9.17) is 9.47 Å². The van der Waals surface area contributed by atoms with E-state index in [1.165, 1.54) is 0 Å². The number of esters is 1. The Bertz CT molecular complexity index is 877. The third kappa shape index (κ3) is 5.80. The van der Waals surface area contributed by atoms with Gasteiger partial charge in [0.2, 0.25) is 0 Å². The minimum absolute atomic E-state index is 0.138. The summed E-state index contributed by atoms with van der Waals surface area (Å²) < 4.78 is 10.6. The Morgan fingerprint density at radius 2 is 1.41 bits per heavy atom. The van der Waals surface area contributed by atoms with Crippen molar-refractivity contribution in [2.24, 2.45) is 0 Å². The molecule has 0 fully saturated rings. The molecule has 0 radical (unpaired) electrons. The number of hydrogen-bond donors (Lipinski definition) is 1. The van der Waals surface area contributed by atoms with Gasteiger partial charge in [-0.25, -0.2) is 4.79 Å². The van der Waals surface area contributed by atoms with Gasteiger partial charge in [-0.2, -0.15) is 0 Å². The lowest BCUT2D eigenvalue weighted by molar-refractivity contribution is -0.139. The summed E-state index contributed by atoms with van der Waals surface area (Å²) in [6, 6.07) is 25.1. The normalized spacial score (nSPS) is 10.2. The van der Waals surface area contributed by atoms with Gasteiger partial charge in [-0.05, 0) is 42.0 Å². The highest BCUT2D eigenvalue weighted by molar-refractivity contribution is 6.04. The van der Waals surface area contributed by atoms with Crippen LogP contribution >= 0.6 is 0 Å². The van der Waals surface area contributed by atoms with Crippen molar-refractivity contribution in [3.63, 3.8) is 0 Å². The average Bonchev–Trinajstić information content (AvgIpc) is 2.71. The van der Waals surface area contributed by atoms with Gasteiger partial charge in [-0.1, -0.05) is 48.5 Å². The molecule has 0 heterocycles. The largest absolute Gasteiger partial charge is 0.425 e. The topological polar surface area (TPSA) is 64.6 Å². The number of amides is 1. The lowest BCUT2D eigenvalue weighted by Gasteiger charge is -2.08. The van der Waals surface area contributed by atoms with Gasteiger partial charge in [0, 0.05) is 11.3 Å². The molecule has 0 aliphatic rings. The quantitative estimate of drug-likeness (QED) is 0.509. The van der Waals surface area contributed by atoms with E-state index >= 15 is 0 Å². The van der Waals surface area contributed by atoms with Gasteiger partial charge in [0.1, 0.15) is 12.4 Å². The highest BCUT2D eigenvalue weighted by Crippen LogP contribution is 2.17. The maximum absolute atomic E-state index is 12.1. The number of ether oxygens (including phenoxy) is 2. The summed E-state index contributed by atoms with van der Waals surface area (Å²) in [6.45, 7) is 0.210. The van der Waals surface area contributed by atoms with E-state index < -0.39 is 5.97 Å². The summed E-state index contributed by atoms with van der Waals surface area (Å²) in [5.74, 6) is -0.289. The van der Waals surface area contributed by atoms with Crippen LogP contribution in [0.15, 0.2) is 84.9 Å². The van der Waals surface area contributed by atoms with Crippen LogP contribution in [-0.2, 0) is 16.1 Å². The number of nitrogens with one attached hydrogen (secondary N) is 1. The van der Waals surface area contributed by atoms with Crippen LogP contribution in [0.2, 0.25) is 0 Å². The molecule has 0 bridgehead atoms. The lowest BCUT2D eigenvalue weighted by atomic mass is 10.2. The van der Waals surface area contributed by atoms with Crippen LogP contribution in [0, 0.1) is 0 Å². The first-order chi connectivity index (χ1) is 13.2. The zero-order chi connectivity index (χ0) is 18.9. The van der Waals surface area contributed by atoms with Crippen molar-refractivity contribution in [3.8, 4) is 5.75 Å². The highest BCUT2D eigenvalue weighted by atomic mass is 16.6. The summed E-state index contributed by atoms with van der Waals surface area (Å²) in [7, 11) is 0. The molecule has 0 saturated carbocycles. The van der Waals surface area contributed by atoms with E-state index in [9.17, 15) is 9.59 Å². The zero-order valence-electron chi connectivity index (χ0n) is 14.6. The Morgan fingerprint density at radius 1 is 0.778 bits per heavy atom. The van der Waals surface area contributed by atoms with Crippen LogP contribution < -0.4 is 10.1 Å². The van der Waals surface area contributed by atoms with Gasteiger partial charge in [0.05, 0.1) is 6.61 Å². The number of rotatable bonds is 7. The first-order valence-corrected chi connectivity index (χ1v) is 8.49. The Labute approximate surface area is 157 Å². The zero-order valence-corrected chi connectivity index (χ0v) is 14.6. The van der Waals surface area contributed by atoms with Crippen LogP contribution in [0.25, 0.3) is 0 Å². The van der Waals surface area contributed by atoms with Crippen molar-refractivity contribution in [1.82, 2.24) is 0 Å². The Morgan fingerprint density at radius 3 is 2.07 bits per heavy atom. The molecule has 0 aliphatic heterocycles. The van der Waals surface area contributed by atoms with E-state index in [2.05, 4.69) is 5.32 Å². The average molecular weight is 361 g/mol. The molecule has 3 aromatic carbocycles. The van der Waals surface area contributed by atoms with Crippen LogP contribution in [0.1, 0.15) is 15.9 Å².